The van der Waals surface area contributed by atoms with Gasteiger partial charge in [0.15, 0.2) is 0 Å². The minimum absolute atomic E-state index is 0.0910. The number of rotatable bonds is 11. The highest BCUT2D eigenvalue weighted by Gasteiger charge is 2.21. The van der Waals surface area contributed by atoms with Gasteiger partial charge < -0.3 is 26.3 Å². The number of benzene rings is 1. The van der Waals surface area contributed by atoms with Crippen molar-refractivity contribution < 1.29 is 9.59 Å². The molecule has 0 bridgehead atoms. The van der Waals surface area contributed by atoms with Gasteiger partial charge in [-0.1, -0.05) is 36.2 Å². The molecule has 0 radical (unpaired) electrons. The molecule has 4 N–H and O–H groups in total. The van der Waals surface area contributed by atoms with E-state index >= 15 is 0 Å². The molecule has 1 aliphatic heterocycles. The van der Waals surface area contributed by atoms with Crippen LogP contribution in [0.2, 0.25) is 10.0 Å². The van der Waals surface area contributed by atoms with E-state index in [2.05, 4.69) is 20.9 Å². The summed E-state index contributed by atoms with van der Waals surface area (Å²) in [5.74, 6) is 0.369. The Bertz CT molecular complexity index is 976. The monoisotopic (exact) mass is 508 g/mol. The predicted molar refractivity (Wildman–Crippen MR) is 138 cm³/mol. The van der Waals surface area contributed by atoms with E-state index < -0.39 is 0 Å². The smallest absolute Gasteiger partial charge is 0.273 e. The Morgan fingerprint density at radius 3 is 2.53 bits per heavy atom. The Kier molecular flexibility index (Phi) is 10.9. The number of nitrogens with one attached hydrogen (secondary N) is 4. The van der Waals surface area contributed by atoms with Crippen LogP contribution in [0, 0.1) is 5.41 Å². The van der Waals surface area contributed by atoms with Crippen LogP contribution in [0.5, 0.6) is 0 Å². The topological polar surface area (TPSA) is 101 Å². The van der Waals surface area contributed by atoms with E-state index in [9.17, 15) is 9.59 Å². The molecule has 0 atom stereocenters. The molecule has 1 aliphatic rings. The van der Waals surface area contributed by atoms with Gasteiger partial charge in [-0.3, -0.25) is 14.5 Å². The van der Waals surface area contributed by atoms with Gasteiger partial charge in [0, 0.05) is 46.0 Å². The highest BCUT2D eigenvalue weighted by Crippen LogP contribution is 2.22. The maximum absolute atomic E-state index is 13.1. The van der Waals surface area contributed by atoms with Crippen molar-refractivity contribution >= 4 is 41.2 Å². The maximum Gasteiger partial charge on any atom is 0.273 e. The van der Waals surface area contributed by atoms with E-state index in [1.807, 2.05) is 19.9 Å². The summed E-state index contributed by atoms with van der Waals surface area (Å²) in [6, 6.07) is 5.39. The molecule has 186 valence electrons. The van der Waals surface area contributed by atoms with E-state index in [0.29, 0.717) is 59.9 Å². The fraction of sp³-hybridized carbons (Fsp3) is 0.458. The number of carbonyl (C=O) groups excluding carboxylic acids is 2. The van der Waals surface area contributed by atoms with Crippen LogP contribution in [0.3, 0.4) is 0 Å². The van der Waals surface area contributed by atoms with Crippen LogP contribution in [0.1, 0.15) is 32.8 Å². The van der Waals surface area contributed by atoms with Gasteiger partial charge in [-0.05, 0) is 49.1 Å². The highest BCUT2D eigenvalue weighted by atomic mass is 35.5. The second kappa shape index (κ2) is 13.4. The molecular weight excluding hydrogens is 475 g/mol. The fourth-order valence-corrected chi connectivity index (χ4v) is 3.62. The number of allylic oxidation sites excluding steroid dienone is 2. The van der Waals surface area contributed by atoms with Gasteiger partial charge in [-0.25, -0.2) is 0 Å². The Hall–Kier alpha value is -2.55. The molecule has 2 rings (SSSR count). The summed E-state index contributed by atoms with van der Waals surface area (Å²) in [5.41, 5.74) is 2.76. The molecule has 0 unspecified atom stereocenters. The van der Waals surface area contributed by atoms with Crippen LogP contribution in [-0.2, 0) is 16.1 Å². The second-order valence-electron chi connectivity index (χ2n) is 8.29. The summed E-state index contributed by atoms with van der Waals surface area (Å²) < 4.78 is 0. The van der Waals surface area contributed by atoms with Gasteiger partial charge in [0.2, 0.25) is 5.91 Å². The number of carbonyl (C=O) groups is 2. The number of amides is 2. The van der Waals surface area contributed by atoms with Crippen molar-refractivity contribution in [2.45, 2.75) is 33.7 Å². The molecule has 8 nitrogen and oxygen atoms in total. The third-order valence-electron chi connectivity index (χ3n) is 5.75. The van der Waals surface area contributed by atoms with Crippen LogP contribution < -0.4 is 16.0 Å². The van der Waals surface area contributed by atoms with Crippen LogP contribution in [0.15, 0.2) is 40.9 Å². The molecular formula is C24H34Cl2N6O2. The lowest BCUT2D eigenvalue weighted by Crippen LogP contribution is -2.50. The first kappa shape index (κ1) is 27.7. The first-order valence-corrected chi connectivity index (χ1v) is 12.0. The van der Waals surface area contributed by atoms with E-state index in [0.717, 1.165) is 30.3 Å². The summed E-state index contributed by atoms with van der Waals surface area (Å²) in [7, 11) is 1.80. The van der Waals surface area contributed by atoms with Crippen LogP contribution >= 0.6 is 23.2 Å². The van der Waals surface area contributed by atoms with Crippen molar-refractivity contribution in [1.29, 1.82) is 5.41 Å². The average molecular weight is 509 g/mol. The number of nitrogens with zero attached hydrogens (tertiary/aromatic N) is 2. The Morgan fingerprint density at radius 1 is 1.18 bits per heavy atom. The Labute approximate surface area is 211 Å². The molecule has 0 aromatic heterocycles. The van der Waals surface area contributed by atoms with Gasteiger partial charge in [0.1, 0.15) is 11.5 Å². The zero-order valence-electron chi connectivity index (χ0n) is 20.2. The minimum atomic E-state index is -0.333. The predicted octanol–water partition coefficient (Wildman–Crippen LogP) is 3.13. The lowest BCUT2D eigenvalue weighted by atomic mass is 10.2. The van der Waals surface area contributed by atoms with Crippen molar-refractivity contribution in [3.63, 3.8) is 0 Å². The van der Waals surface area contributed by atoms with Crippen LogP contribution in [0.4, 0.5) is 0 Å². The van der Waals surface area contributed by atoms with E-state index in [1.165, 1.54) is 0 Å². The summed E-state index contributed by atoms with van der Waals surface area (Å²) in [5, 5.41) is 18.0. The normalized spacial score (nSPS) is 15.9. The van der Waals surface area contributed by atoms with E-state index in [1.54, 1.807) is 31.0 Å². The van der Waals surface area contributed by atoms with Gasteiger partial charge in [-0.2, -0.15) is 0 Å². The third kappa shape index (κ3) is 8.04. The Morgan fingerprint density at radius 2 is 1.91 bits per heavy atom. The summed E-state index contributed by atoms with van der Waals surface area (Å²) >= 11 is 12.1. The van der Waals surface area contributed by atoms with E-state index in [-0.39, 0.29) is 11.8 Å². The molecule has 34 heavy (non-hydrogen) atoms. The summed E-state index contributed by atoms with van der Waals surface area (Å²) in [4.78, 5) is 28.8. The van der Waals surface area contributed by atoms with Crippen molar-refractivity contribution in [2.24, 2.45) is 0 Å². The largest absolute Gasteiger partial charge is 0.379 e. The van der Waals surface area contributed by atoms with Crippen molar-refractivity contribution in [3.8, 4) is 0 Å². The zero-order chi connectivity index (χ0) is 25.3. The van der Waals surface area contributed by atoms with Crippen LogP contribution in [-0.4, -0.2) is 67.6 Å². The number of piperazine rings is 1. The van der Waals surface area contributed by atoms with Gasteiger partial charge in [0.05, 0.1) is 16.6 Å². The quantitative estimate of drug-likeness (QED) is 0.271. The summed E-state index contributed by atoms with van der Waals surface area (Å²) in [6.45, 7) is 9.08. The highest BCUT2D eigenvalue weighted by molar-refractivity contribution is 6.42. The van der Waals surface area contributed by atoms with Gasteiger partial charge in [0.25, 0.3) is 5.91 Å². The van der Waals surface area contributed by atoms with Crippen molar-refractivity contribution in [3.05, 3.63) is 56.5 Å². The van der Waals surface area contributed by atoms with Crippen molar-refractivity contribution in [2.75, 3.05) is 39.8 Å². The molecule has 1 aromatic carbocycles. The van der Waals surface area contributed by atoms with Crippen molar-refractivity contribution in [1.82, 2.24) is 25.8 Å². The lowest BCUT2D eigenvalue weighted by molar-refractivity contribution is -0.134. The molecule has 0 aliphatic carbocycles. The molecule has 0 saturated carbocycles. The van der Waals surface area contributed by atoms with E-state index in [4.69, 9.17) is 28.6 Å². The molecule has 1 aromatic rings. The standard InChI is InChI=1S/C24H34Cl2N6O2/c1-5-16(2)23(29-14-18-6-7-19(25)20(26)12-18)30-24(34)22(17(3)13-27)28-8-9-32-11-10-31(4)21(33)15-32/h6-7,12-13,27-29H,5,8-11,14-15H2,1-4H3,(H,30,34)/b22-17-,23-16-,27-13?. The molecule has 10 heteroatoms. The molecule has 0 spiro atoms. The number of hydrogen-bond acceptors (Lipinski definition) is 6. The van der Waals surface area contributed by atoms with Crippen LogP contribution in [0.25, 0.3) is 0 Å². The van der Waals surface area contributed by atoms with Gasteiger partial charge in [-0.15, -0.1) is 0 Å². The number of hydrogen-bond donors (Lipinski definition) is 4. The summed E-state index contributed by atoms with van der Waals surface area (Å²) in [6.07, 6.45) is 1.90. The molecule has 1 fully saturated rings. The zero-order valence-corrected chi connectivity index (χ0v) is 21.7. The first-order valence-electron chi connectivity index (χ1n) is 11.3. The SMILES string of the molecule is CC/C(C)=C(/NCc1ccc(Cl)c(Cl)c1)NC(=O)/C(NCCN1CCN(C)C(=O)C1)=C(\C)C=N. The Balaban J connectivity index is 2.03. The maximum atomic E-state index is 13.1. The fourth-order valence-electron chi connectivity index (χ4n) is 3.30. The van der Waals surface area contributed by atoms with Gasteiger partial charge >= 0.3 is 0 Å². The third-order valence-corrected chi connectivity index (χ3v) is 6.49. The number of halogens is 2. The number of likely N-dealkylation sites (N-methyl/N-ethyl adjacent to an activating group) is 1. The second-order valence-corrected chi connectivity index (χ2v) is 9.10. The molecule has 1 heterocycles. The average Bonchev–Trinajstić information content (AvgIpc) is 2.82. The lowest BCUT2D eigenvalue weighted by Gasteiger charge is -2.32. The first-order chi connectivity index (χ1) is 16.2. The molecule has 2 amide bonds. The molecule has 1 saturated heterocycles. The minimum Gasteiger partial charge on any atom is -0.379 e.